The second-order valence-corrected chi connectivity index (χ2v) is 10.6. The van der Waals surface area contributed by atoms with Crippen molar-refractivity contribution in [3.8, 4) is 0 Å². The van der Waals surface area contributed by atoms with Gasteiger partial charge in [0.1, 0.15) is 5.82 Å². The minimum atomic E-state index is -1.57. The Labute approximate surface area is 219 Å². The molecule has 2 aliphatic rings. The third-order valence-corrected chi connectivity index (χ3v) is 8.12. The van der Waals surface area contributed by atoms with Crippen LogP contribution in [0.15, 0.2) is 64.7 Å². The van der Waals surface area contributed by atoms with E-state index in [1.807, 2.05) is 18.2 Å². The Bertz CT molecular complexity index is 1250. The van der Waals surface area contributed by atoms with Crippen molar-refractivity contribution in [1.29, 1.82) is 0 Å². The molecule has 2 N–H and O–H groups in total. The van der Waals surface area contributed by atoms with Crippen LogP contribution >= 0.6 is 23.2 Å². The molecule has 5 nitrogen and oxygen atoms in total. The third kappa shape index (κ3) is 5.08. The van der Waals surface area contributed by atoms with Gasteiger partial charge in [-0.1, -0.05) is 47.5 Å². The first kappa shape index (κ1) is 26.4. The van der Waals surface area contributed by atoms with Crippen molar-refractivity contribution in [2.24, 2.45) is 5.41 Å². The van der Waals surface area contributed by atoms with Gasteiger partial charge in [-0.3, -0.25) is 9.69 Å². The summed E-state index contributed by atoms with van der Waals surface area (Å²) >= 11 is 12.9. The molecule has 4 rings (SSSR count). The Hall–Kier alpha value is -2.67. The third-order valence-electron chi connectivity index (χ3n) is 7.44. The van der Waals surface area contributed by atoms with Gasteiger partial charge in [-0.15, -0.1) is 0 Å². The van der Waals surface area contributed by atoms with E-state index in [-0.39, 0.29) is 10.6 Å². The number of likely N-dealkylation sites (tertiary alicyclic amines) is 1. The largest absolute Gasteiger partial charge is 0.481 e. The fraction of sp³-hybridized carbons (Fsp3) is 0.357. The van der Waals surface area contributed by atoms with Crippen molar-refractivity contribution < 1.29 is 24.2 Å². The van der Waals surface area contributed by atoms with Crippen LogP contribution in [0, 0.1) is 18.2 Å². The van der Waals surface area contributed by atoms with E-state index in [0.717, 1.165) is 25.9 Å². The normalized spacial score (nSPS) is 23.5. The molecule has 1 saturated heterocycles. The number of carbonyl (C=O) groups is 2. The Morgan fingerprint density at radius 1 is 1.08 bits per heavy atom. The van der Waals surface area contributed by atoms with E-state index < -0.39 is 29.1 Å². The maximum absolute atomic E-state index is 13.5. The molecule has 0 radical (unpaired) electrons. The van der Waals surface area contributed by atoms with Crippen molar-refractivity contribution in [3.05, 3.63) is 92.2 Å². The van der Waals surface area contributed by atoms with Gasteiger partial charge >= 0.3 is 11.9 Å². The van der Waals surface area contributed by atoms with E-state index >= 15 is 0 Å². The number of carboxylic acid groups (broad SMARTS) is 2. The molecule has 0 spiro atoms. The summed E-state index contributed by atoms with van der Waals surface area (Å²) in [5.74, 6) is -3.66. The van der Waals surface area contributed by atoms with Crippen molar-refractivity contribution in [3.63, 3.8) is 0 Å². The van der Waals surface area contributed by atoms with Gasteiger partial charge < -0.3 is 10.2 Å². The standard InChI is InChI=1S/C28H28Cl2FNO4/c1-16-3-6-20(29)13-22(16)17-9-11-32(12-10-17)15-19-14-28(2,27(35)36)24(23(25(19)30)26(33)34)18-4-7-21(31)8-5-18/h3-8,13-14,17,24H,9-12,15H2,1-2H3,(H,33,34)(H,35,36). The highest BCUT2D eigenvalue weighted by Crippen LogP contribution is 2.50. The van der Waals surface area contributed by atoms with Crippen LogP contribution in [0.25, 0.3) is 0 Å². The second-order valence-electron chi connectivity index (χ2n) is 9.83. The number of carboxylic acids is 2. The van der Waals surface area contributed by atoms with Gasteiger partial charge in [0, 0.05) is 17.5 Å². The van der Waals surface area contributed by atoms with Gasteiger partial charge in [0.15, 0.2) is 0 Å². The number of rotatable bonds is 6. The van der Waals surface area contributed by atoms with Crippen molar-refractivity contribution in [2.45, 2.75) is 38.5 Å². The summed E-state index contributed by atoms with van der Waals surface area (Å²) < 4.78 is 13.5. The molecule has 1 fully saturated rings. The predicted octanol–water partition coefficient (Wildman–Crippen LogP) is 6.36. The average molecular weight is 532 g/mol. The van der Waals surface area contributed by atoms with Crippen molar-refractivity contribution in [2.75, 3.05) is 19.6 Å². The number of nitrogens with zero attached hydrogens (tertiary/aromatic N) is 1. The molecule has 2 atom stereocenters. The van der Waals surface area contributed by atoms with Gasteiger partial charge in [-0.2, -0.15) is 0 Å². The molecule has 0 aromatic heterocycles. The highest BCUT2D eigenvalue weighted by Gasteiger charge is 2.49. The molecule has 1 heterocycles. The van der Waals surface area contributed by atoms with E-state index in [2.05, 4.69) is 11.8 Å². The van der Waals surface area contributed by atoms with Gasteiger partial charge in [-0.25, -0.2) is 9.18 Å². The molecule has 8 heteroatoms. The summed E-state index contributed by atoms with van der Waals surface area (Å²) in [4.78, 5) is 27.0. The van der Waals surface area contributed by atoms with Crippen LogP contribution < -0.4 is 0 Å². The lowest BCUT2D eigenvalue weighted by molar-refractivity contribution is -0.146. The number of piperidine rings is 1. The highest BCUT2D eigenvalue weighted by molar-refractivity contribution is 6.34. The first-order valence-corrected chi connectivity index (χ1v) is 12.6. The summed E-state index contributed by atoms with van der Waals surface area (Å²) in [5.41, 5.74) is 1.55. The van der Waals surface area contributed by atoms with E-state index in [9.17, 15) is 24.2 Å². The van der Waals surface area contributed by atoms with Crippen LogP contribution in [0.3, 0.4) is 0 Å². The molecule has 0 amide bonds. The fourth-order valence-corrected chi connectivity index (χ4v) is 5.97. The summed E-state index contributed by atoms with van der Waals surface area (Å²) in [7, 11) is 0. The van der Waals surface area contributed by atoms with E-state index in [4.69, 9.17) is 23.2 Å². The van der Waals surface area contributed by atoms with Gasteiger partial charge in [0.05, 0.1) is 16.0 Å². The lowest BCUT2D eigenvalue weighted by Crippen LogP contribution is -2.41. The van der Waals surface area contributed by atoms with Crippen molar-refractivity contribution in [1.82, 2.24) is 4.90 Å². The van der Waals surface area contributed by atoms with E-state index in [0.29, 0.717) is 28.6 Å². The van der Waals surface area contributed by atoms with Crippen LogP contribution in [0.5, 0.6) is 0 Å². The number of hydrogen-bond acceptors (Lipinski definition) is 3. The maximum Gasteiger partial charge on any atom is 0.333 e. The molecule has 36 heavy (non-hydrogen) atoms. The molecule has 0 saturated carbocycles. The number of aliphatic carboxylic acids is 2. The molecule has 190 valence electrons. The molecule has 1 aliphatic carbocycles. The Balaban J connectivity index is 1.61. The molecular weight excluding hydrogens is 504 g/mol. The summed E-state index contributed by atoms with van der Waals surface area (Å²) in [6.45, 7) is 5.42. The zero-order chi connectivity index (χ0) is 26.2. The summed E-state index contributed by atoms with van der Waals surface area (Å²) in [6, 6.07) is 11.1. The van der Waals surface area contributed by atoms with Gasteiger partial charge in [-0.05, 0) is 92.2 Å². The van der Waals surface area contributed by atoms with E-state index in [1.54, 1.807) is 6.08 Å². The lowest BCUT2D eigenvalue weighted by atomic mass is 9.65. The SMILES string of the molecule is Cc1ccc(Cl)cc1C1CCN(CC2=CC(C)(C(=O)O)C(c3ccc(F)cc3)C(C(=O)O)=C2Cl)CC1. The Morgan fingerprint density at radius 3 is 2.31 bits per heavy atom. The molecule has 2 unspecified atom stereocenters. The van der Waals surface area contributed by atoms with Crippen LogP contribution in [0.4, 0.5) is 4.39 Å². The van der Waals surface area contributed by atoms with Crippen LogP contribution in [0.1, 0.15) is 48.3 Å². The van der Waals surface area contributed by atoms with Crippen molar-refractivity contribution >= 4 is 35.1 Å². The average Bonchev–Trinajstić information content (AvgIpc) is 2.83. The monoisotopic (exact) mass is 531 g/mol. The topological polar surface area (TPSA) is 77.8 Å². The van der Waals surface area contributed by atoms with Crippen LogP contribution in [-0.2, 0) is 9.59 Å². The lowest BCUT2D eigenvalue weighted by Gasteiger charge is -2.39. The first-order chi connectivity index (χ1) is 17.0. The van der Waals surface area contributed by atoms with E-state index in [1.165, 1.54) is 42.3 Å². The molecular formula is C28H28Cl2FNO4. The maximum atomic E-state index is 13.5. The van der Waals surface area contributed by atoms with Gasteiger partial charge in [0.2, 0.25) is 0 Å². The van der Waals surface area contributed by atoms with Gasteiger partial charge in [0.25, 0.3) is 0 Å². The number of aryl methyl sites for hydroxylation is 1. The first-order valence-electron chi connectivity index (χ1n) is 11.8. The smallest absolute Gasteiger partial charge is 0.333 e. The number of halogens is 3. The fourth-order valence-electron chi connectivity index (χ4n) is 5.49. The quantitative estimate of drug-likeness (QED) is 0.453. The summed E-state index contributed by atoms with van der Waals surface area (Å²) in [5, 5.41) is 21.0. The summed E-state index contributed by atoms with van der Waals surface area (Å²) in [6.07, 6.45) is 3.37. The van der Waals surface area contributed by atoms with Crippen LogP contribution in [0.2, 0.25) is 5.02 Å². The zero-order valence-electron chi connectivity index (χ0n) is 20.1. The molecule has 2 aromatic rings. The Kier molecular flexibility index (Phi) is 7.60. The van der Waals surface area contributed by atoms with Crippen LogP contribution in [-0.4, -0.2) is 46.7 Å². The number of benzene rings is 2. The second kappa shape index (κ2) is 10.4. The zero-order valence-corrected chi connectivity index (χ0v) is 21.6. The molecule has 0 bridgehead atoms. The molecule has 1 aliphatic heterocycles. The highest BCUT2D eigenvalue weighted by atomic mass is 35.5. The minimum absolute atomic E-state index is 0.0448. The number of hydrogen-bond donors (Lipinski definition) is 2. The minimum Gasteiger partial charge on any atom is -0.481 e. The Morgan fingerprint density at radius 2 is 1.72 bits per heavy atom. The molecule has 2 aromatic carbocycles. The predicted molar refractivity (Wildman–Crippen MR) is 138 cm³/mol.